The largest absolute Gasteiger partial charge is 0.387 e. The molecule has 14 heavy (non-hydrogen) atoms. The van der Waals surface area contributed by atoms with Crippen molar-refractivity contribution >= 4 is 11.6 Å². The van der Waals surface area contributed by atoms with Crippen molar-refractivity contribution in [2.45, 2.75) is 25.0 Å². The van der Waals surface area contributed by atoms with Crippen LogP contribution in [0, 0.1) is 0 Å². The molecule has 1 aliphatic rings. The predicted molar refractivity (Wildman–Crippen MR) is 57.4 cm³/mol. The lowest BCUT2D eigenvalue weighted by Gasteiger charge is -2.19. The number of hydrogen-bond donors (Lipinski definition) is 2. The van der Waals surface area contributed by atoms with Crippen LogP contribution in [0.2, 0.25) is 5.02 Å². The first-order chi connectivity index (χ1) is 6.79. The van der Waals surface area contributed by atoms with E-state index in [2.05, 4.69) is 5.32 Å². The third kappa shape index (κ3) is 1.92. The average Bonchev–Trinajstić information content (AvgIpc) is 2.70. The summed E-state index contributed by atoms with van der Waals surface area (Å²) in [5.74, 6) is 0. The molecule has 2 N–H and O–H groups in total. The van der Waals surface area contributed by atoms with Gasteiger partial charge in [-0.05, 0) is 25.5 Å². The number of aliphatic hydroxyl groups excluding tert-OH is 1. The molecule has 2 atom stereocenters. The highest BCUT2D eigenvalue weighted by Gasteiger charge is 2.24. The molecule has 0 aliphatic carbocycles. The minimum Gasteiger partial charge on any atom is -0.387 e. The van der Waals surface area contributed by atoms with E-state index in [-0.39, 0.29) is 6.04 Å². The van der Waals surface area contributed by atoms with Gasteiger partial charge in [0, 0.05) is 16.6 Å². The summed E-state index contributed by atoms with van der Waals surface area (Å²) >= 11 is 6.01. The summed E-state index contributed by atoms with van der Waals surface area (Å²) in [5, 5.41) is 14.0. The maximum atomic E-state index is 10.1. The molecule has 0 saturated carbocycles. The molecule has 2 rings (SSSR count). The van der Waals surface area contributed by atoms with E-state index >= 15 is 0 Å². The van der Waals surface area contributed by atoms with Crippen LogP contribution in [-0.4, -0.2) is 17.7 Å². The first-order valence-electron chi connectivity index (χ1n) is 4.95. The molecule has 1 fully saturated rings. The molecule has 0 spiro atoms. The Kier molecular flexibility index (Phi) is 3.06. The topological polar surface area (TPSA) is 32.3 Å². The van der Waals surface area contributed by atoms with E-state index in [4.69, 9.17) is 11.6 Å². The minimum atomic E-state index is -0.480. The first kappa shape index (κ1) is 9.97. The number of nitrogens with one attached hydrogen (secondary N) is 1. The fourth-order valence-electron chi connectivity index (χ4n) is 1.91. The fraction of sp³-hybridized carbons (Fsp3) is 0.455. The molecule has 0 radical (unpaired) electrons. The van der Waals surface area contributed by atoms with Crippen LogP contribution in [0.4, 0.5) is 0 Å². The molecule has 1 saturated heterocycles. The molecule has 1 aliphatic heterocycles. The van der Waals surface area contributed by atoms with Gasteiger partial charge in [-0.2, -0.15) is 0 Å². The van der Waals surface area contributed by atoms with Crippen molar-refractivity contribution in [3.8, 4) is 0 Å². The van der Waals surface area contributed by atoms with Crippen LogP contribution in [-0.2, 0) is 0 Å². The van der Waals surface area contributed by atoms with Crippen molar-refractivity contribution in [2.75, 3.05) is 6.54 Å². The second kappa shape index (κ2) is 4.30. The molecular weight excluding hydrogens is 198 g/mol. The molecule has 1 unspecified atom stereocenters. The highest BCUT2D eigenvalue weighted by atomic mass is 35.5. The Bertz CT molecular complexity index is 310. The van der Waals surface area contributed by atoms with Gasteiger partial charge < -0.3 is 10.4 Å². The van der Waals surface area contributed by atoms with Crippen molar-refractivity contribution in [1.29, 1.82) is 0 Å². The van der Waals surface area contributed by atoms with Gasteiger partial charge in [-0.15, -0.1) is 0 Å². The second-order valence-electron chi connectivity index (χ2n) is 3.67. The lowest BCUT2D eigenvalue weighted by molar-refractivity contribution is 0.137. The van der Waals surface area contributed by atoms with Crippen LogP contribution in [0.3, 0.4) is 0 Å². The predicted octanol–water partition coefficient (Wildman–Crippen LogP) is 2.13. The number of rotatable bonds is 2. The average molecular weight is 212 g/mol. The quantitative estimate of drug-likeness (QED) is 0.786. The highest BCUT2D eigenvalue weighted by molar-refractivity contribution is 6.31. The Morgan fingerprint density at radius 2 is 2.21 bits per heavy atom. The summed E-state index contributed by atoms with van der Waals surface area (Å²) < 4.78 is 0. The molecule has 1 aromatic carbocycles. The van der Waals surface area contributed by atoms with Crippen LogP contribution in [0.1, 0.15) is 24.5 Å². The molecule has 76 valence electrons. The van der Waals surface area contributed by atoms with Gasteiger partial charge in [-0.1, -0.05) is 29.8 Å². The minimum absolute atomic E-state index is 0.162. The van der Waals surface area contributed by atoms with Crippen LogP contribution in [0.25, 0.3) is 0 Å². The Balaban J connectivity index is 2.17. The van der Waals surface area contributed by atoms with E-state index in [1.165, 1.54) is 0 Å². The lowest BCUT2D eigenvalue weighted by atomic mass is 10.0. The standard InChI is InChI=1S/C11H14ClNO/c12-9-5-2-1-4-8(9)11(14)10-6-3-7-13-10/h1-2,4-5,10-11,13-14H,3,6-7H2/t10-,11?/m1/s1. The molecule has 0 bridgehead atoms. The summed E-state index contributed by atoms with van der Waals surface area (Å²) in [7, 11) is 0. The molecule has 3 heteroatoms. The van der Waals surface area contributed by atoms with E-state index < -0.39 is 6.10 Å². The van der Waals surface area contributed by atoms with Crippen molar-refractivity contribution in [1.82, 2.24) is 5.32 Å². The summed E-state index contributed by atoms with van der Waals surface area (Å²) in [6.45, 7) is 0.992. The molecule has 0 amide bonds. The second-order valence-corrected chi connectivity index (χ2v) is 4.08. The number of benzene rings is 1. The molecule has 1 aromatic rings. The molecular formula is C11H14ClNO. The van der Waals surface area contributed by atoms with E-state index in [9.17, 15) is 5.11 Å². The van der Waals surface area contributed by atoms with Crippen LogP contribution in [0.15, 0.2) is 24.3 Å². The Labute approximate surface area is 88.9 Å². The number of aliphatic hydroxyl groups is 1. The van der Waals surface area contributed by atoms with Crippen LogP contribution in [0.5, 0.6) is 0 Å². The normalized spacial score (nSPS) is 23.7. The van der Waals surface area contributed by atoms with Gasteiger partial charge in [0.15, 0.2) is 0 Å². The van der Waals surface area contributed by atoms with Gasteiger partial charge in [-0.3, -0.25) is 0 Å². The van der Waals surface area contributed by atoms with Gasteiger partial charge in [-0.25, -0.2) is 0 Å². The van der Waals surface area contributed by atoms with Gasteiger partial charge >= 0.3 is 0 Å². The Morgan fingerprint density at radius 3 is 2.86 bits per heavy atom. The Morgan fingerprint density at radius 1 is 1.43 bits per heavy atom. The van der Waals surface area contributed by atoms with Gasteiger partial charge in [0.2, 0.25) is 0 Å². The van der Waals surface area contributed by atoms with Gasteiger partial charge in [0.1, 0.15) is 0 Å². The number of hydrogen-bond acceptors (Lipinski definition) is 2. The fourth-order valence-corrected chi connectivity index (χ4v) is 2.16. The van der Waals surface area contributed by atoms with Crippen LogP contribution < -0.4 is 5.32 Å². The number of halogens is 1. The maximum Gasteiger partial charge on any atom is 0.0957 e. The summed E-state index contributed by atoms with van der Waals surface area (Å²) in [4.78, 5) is 0. The summed E-state index contributed by atoms with van der Waals surface area (Å²) in [6.07, 6.45) is 1.67. The van der Waals surface area contributed by atoms with E-state index in [1.807, 2.05) is 24.3 Å². The zero-order valence-electron chi connectivity index (χ0n) is 7.91. The zero-order valence-corrected chi connectivity index (χ0v) is 8.67. The molecule has 1 heterocycles. The maximum absolute atomic E-state index is 10.1. The highest BCUT2D eigenvalue weighted by Crippen LogP contribution is 2.28. The van der Waals surface area contributed by atoms with Gasteiger partial charge in [0.05, 0.1) is 6.10 Å². The van der Waals surface area contributed by atoms with Crippen LogP contribution >= 0.6 is 11.6 Å². The van der Waals surface area contributed by atoms with Crippen molar-refractivity contribution < 1.29 is 5.11 Å². The molecule has 0 aromatic heterocycles. The van der Waals surface area contributed by atoms with E-state index in [0.717, 1.165) is 24.9 Å². The summed E-state index contributed by atoms with van der Waals surface area (Å²) in [5.41, 5.74) is 0.827. The van der Waals surface area contributed by atoms with Gasteiger partial charge in [0.25, 0.3) is 0 Å². The monoisotopic (exact) mass is 211 g/mol. The van der Waals surface area contributed by atoms with Crippen molar-refractivity contribution in [2.24, 2.45) is 0 Å². The SMILES string of the molecule is OC(c1ccccc1Cl)[C@H]1CCCN1. The third-order valence-electron chi connectivity index (χ3n) is 2.70. The lowest BCUT2D eigenvalue weighted by Crippen LogP contribution is -2.28. The molecule has 2 nitrogen and oxygen atoms in total. The smallest absolute Gasteiger partial charge is 0.0957 e. The van der Waals surface area contributed by atoms with E-state index in [1.54, 1.807) is 0 Å². The summed E-state index contributed by atoms with van der Waals surface area (Å²) in [6, 6.07) is 7.64. The van der Waals surface area contributed by atoms with Crippen molar-refractivity contribution in [3.63, 3.8) is 0 Å². The zero-order chi connectivity index (χ0) is 9.97. The Hall–Kier alpha value is -0.570. The third-order valence-corrected chi connectivity index (χ3v) is 3.05. The van der Waals surface area contributed by atoms with Crippen molar-refractivity contribution in [3.05, 3.63) is 34.9 Å². The van der Waals surface area contributed by atoms with E-state index in [0.29, 0.717) is 5.02 Å². The first-order valence-corrected chi connectivity index (χ1v) is 5.32.